The van der Waals surface area contributed by atoms with Gasteiger partial charge in [-0.25, -0.2) is 0 Å². The topological polar surface area (TPSA) is 48.2 Å². The number of hydrogen-bond donors (Lipinski definition) is 2. The Balaban J connectivity index is 1.50. The summed E-state index contributed by atoms with van der Waals surface area (Å²) < 4.78 is 0. The first-order chi connectivity index (χ1) is 12.5. The summed E-state index contributed by atoms with van der Waals surface area (Å²) in [7, 11) is 1.89. The fourth-order valence-electron chi connectivity index (χ4n) is 3.43. The Hall–Kier alpha value is -2.53. The number of quaternary nitrogens is 1. The van der Waals surface area contributed by atoms with Crippen molar-refractivity contribution in [3.63, 3.8) is 0 Å². The molecule has 0 saturated carbocycles. The fraction of sp³-hybridized carbons (Fsp3) is 0.381. The number of amides is 1. The van der Waals surface area contributed by atoms with Crippen LogP contribution in [0.4, 0.5) is 5.69 Å². The molecule has 26 heavy (non-hydrogen) atoms. The van der Waals surface area contributed by atoms with Gasteiger partial charge in [-0.1, -0.05) is 30.3 Å². The van der Waals surface area contributed by atoms with Crippen molar-refractivity contribution in [3.8, 4) is 5.75 Å². The third-order valence-electron chi connectivity index (χ3n) is 5.34. The van der Waals surface area contributed by atoms with E-state index in [9.17, 15) is 9.90 Å². The Morgan fingerprint density at radius 3 is 2.35 bits per heavy atom. The summed E-state index contributed by atoms with van der Waals surface area (Å²) in [5.41, 5.74) is 2.29. The van der Waals surface area contributed by atoms with Crippen molar-refractivity contribution in [1.29, 1.82) is 0 Å². The van der Waals surface area contributed by atoms with Crippen molar-refractivity contribution >= 4 is 11.6 Å². The van der Waals surface area contributed by atoms with E-state index in [0.717, 1.165) is 37.4 Å². The molecule has 1 aliphatic rings. The molecule has 0 bridgehead atoms. The number of rotatable bonds is 5. The number of piperazine rings is 1. The first-order valence-electron chi connectivity index (χ1n) is 9.23. The molecule has 1 aliphatic heterocycles. The van der Waals surface area contributed by atoms with Gasteiger partial charge in [0.1, 0.15) is 5.75 Å². The van der Waals surface area contributed by atoms with Gasteiger partial charge in [0.15, 0.2) is 6.54 Å². The van der Waals surface area contributed by atoms with Crippen molar-refractivity contribution < 1.29 is 14.8 Å². The first kappa shape index (κ1) is 18.3. The number of likely N-dealkylation sites (N-methyl/N-ethyl adjacent to an activating group) is 1. The third kappa shape index (κ3) is 4.35. The highest BCUT2D eigenvalue weighted by Crippen LogP contribution is 2.19. The molecule has 138 valence electrons. The molecule has 2 aromatic carbocycles. The van der Waals surface area contributed by atoms with Gasteiger partial charge in [-0.2, -0.15) is 0 Å². The maximum absolute atomic E-state index is 12.7. The van der Waals surface area contributed by atoms with Gasteiger partial charge in [-0.3, -0.25) is 4.79 Å². The summed E-state index contributed by atoms with van der Waals surface area (Å²) in [6, 6.07) is 17.6. The van der Waals surface area contributed by atoms with Crippen molar-refractivity contribution in [1.82, 2.24) is 4.90 Å². The SMILES string of the molecule is C[C@@H](c1ccccc1)N(C)C(=O)C[NH+]1CCN(c2ccc(O)cc2)CC1. The second-order valence-electron chi connectivity index (χ2n) is 7.02. The van der Waals surface area contributed by atoms with Crippen LogP contribution in [0.15, 0.2) is 54.6 Å². The molecule has 1 saturated heterocycles. The van der Waals surface area contributed by atoms with E-state index in [1.807, 2.05) is 42.3 Å². The number of anilines is 1. The molecular formula is C21H28N3O2+. The van der Waals surface area contributed by atoms with E-state index in [0.29, 0.717) is 12.3 Å². The van der Waals surface area contributed by atoms with Crippen molar-refractivity contribution in [3.05, 3.63) is 60.2 Å². The minimum absolute atomic E-state index is 0.0846. The van der Waals surface area contributed by atoms with Gasteiger partial charge in [0, 0.05) is 12.7 Å². The van der Waals surface area contributed by atoms with E-state index >= 15 is 0 Å². The average molecular weight is 354 g/mol. The number of nitrogens with one attached hydrogen (secondary N) is 1. The lowest BCUT2D eigenvalue weighted by Gasteiger charge is -2.34. The first-order valence-corrected chi connectivity index (χ1v) is 9.23. The van der Waals surface area contributed by atoms with Gasteiger partial charge in [0.05, 0.1) is 32.2 Å². The monoisotopic (exact) mass is 354 g/mol. The fourth-order valence-corrected chi connectivity index (χ4v) is 3.43. The van der Waals surface area contributed by atoms with E-state index in [1.54, 1.807) is 12.1 Å². The average Bonchev–Trinajstić information content (AvgIpc) is 2.69. The minimum atomic E-state index is 0.0846. The van der Waals surface area contributed by atoms with Gasteiger partial charge < -0.3 is 19.8 Å². The van der Waals surface area contributed by atoms with Crippen molar-refractivity contribution in [2.75, 3.05) is 44.7 Å². The molecule has 0 radical (unpaired) electrons. The van der Waals surface area contributed by atoms with Crippen molar-refractivity contribution in [2.24, 2.45) is 0 Å². The molecule has 0 aromatic heterocycles. The Labute approximate surface area is 155 Å². The molecule has 0 spiro atoms. The Bertz CT molecular complexity index is 710. The highest BCUT2D eigenvalue weighted by Gasteiger charge is 2.25. The Morgan fingerprint density at radius 1 is 1.12 bits per heavy atom. The second kappa shape index (κ2) is 8.23. The van der Waals surface area contributed by atoms with Crippen LogP contribution in [0.3, 0.4) is 0 Å². The van der Waals surface area contributed by atoms with Gasteiger partial charge >= 0.3 is 0 Å². The molecule has 5 nitrogen and oxygen atoms in total. The number of phenolic OH excluding ortho intramolecular Hbond substituents is 1. The van der Waals surface area contributed by atoms with E-state index < -0.39 is 0 Å². The van der Waals surface area contributed by atoms with E-state index in [2.05, 4.69) is 24.0 Å². The van der Waals surface area contributed by atoms with E-state index in [4.69, 9.17) is 0 Å². The number of carbonyl (C=O) groups excluding carboxylic acids is 1. The summed E-state index contributed by atoms with van der Waals surface area (Å²) in [5, 5.41) is 9.41. The smallest absolute Gasteiger partial charge is 0.278 e. The lowest BCUT2D eigenvalue weighted by Crippen LogP contribution is -3.15. The number of carbonyl (C=O) groups is 1. The molecule has 0 aliphatic carbocycles. The number of phenols is 1. The highest BCUT2D eigenvalue weighted by molar-refractivity contribution is 5.77. The molecule has 1 fully saturated rings. The van der Waals surface area contributed by atoms with Gasteiger partial charge in [-0.05, 0) is 36.8 Å². The third-order valence-corrected chi connectivity index (χ3v) is 5.34. The zero-order valence-corrected chi connectivity index (χ0v) is 15.6. The largest absolute Gasteiger partial charge is 0.508 e. The van der Waals surface area contributed by atoms with Gasteiger partial charge in [0.2, 0.25) is 0 Å². The minimum Gasteiger partial charge on any atom is -0.508 e. The number of hydrogen-bond acceptors (Lipinski definition) is 3. The molecule has 1 amide bonds. The molecule has 1 heterocycles. The summed E-state index contributed by atoms with van der Waals surface area (Å²) in [4.78, 5) is 18.2. The van der Waals surface area contributed by atoms with Crippen LogP contribution >= 0.6 is 0 Å². The lowest BCUT2D eigenvalue weighted by molar-refractivity contribution is -0.892. The molecule has 1 atom stereocenters. The van der Waals surface area contributed by atoms with Gasteiger partial charge in [0.25, 0.3) is 5.91 Å². The summed E-state index contributed by atoms with van der Waals surface area (Å²) in [5.74, 6) is 0.480. The Kier molecular flexibility index (Phi) is 5.78. The van der Waals surface area contributed by atoms with E-state index in [1.165, 1.54) is 4.90 Å². The lowest BCUT2D eigenvalue weighted by atomic mass is 10.1. The van der Waals surface area contributed by atoms with E-state index in [-0.39, 0.29) is 11.9 Å². The summed E-state index contributed by atoms with van der Waals surface area (Å²) >= 11 is 0. The standard InChI is InChI=1S/C21H27N3O2/c1-17(18-6-4-3-5-7-18)22(2)21(26)16-23-12-14-24(15-13-23)19-8-10-20(25)11-9-19/h3-11,17,25H,12-16H2,1-2H3/p+1/t17-/m0/s1. The normalized spacial score (nSPS) is 16.3. The predicted molar refractivity (Wildman–Crippen MR) is 104 cm³/mol. The zero-order chi connectivity index (χ0) is 18.5. The quantitative estimate of drug-likeness (QED) is 0.851. The number of aromatic hydroxyl groups is 1. The van der Waals surface area contributed by atoms with Gasteiger partial charge in [-0.15, -0.1) is 0 Å². The number of benzene rings is 2. The molecule has 3 rings (SSSR count). The predicted octanol–water partition coefficient (Wildman–Crippen LogP) is 1.32. The highest BCUT2D eigenvalue weighted by atomic mass is 16.3. The van der Waals surface area contributed by atoms with Crippen LogP contribution in [0.25, 0.3) is 0 Å². The molecule has 0 unspecified atom stereocenters. The molecule has 5 heteroatoms. The van der Waals surface area contributed by atoms with Crippen LogP contribution in [0, 0.1) is 0 Å². The van der Waals surface area contributed by atoms with Crippen LogP contribution in [0.5, 0.6) is 5.75 Å². The van der Waals surface area contributed by atoms with Crippen LogP contribution in [-0.4, -0.2) is 55.7 Å². The zero-order valence-electron chi connectivity index (χ0n) is 15.6. The maximum Gasteiger partial charge on any atom is 0.278 e. The Morgan fingerprint density at radius 2 is 1.73 bits per heavy atom. The van der Waals surface area contributed by atoms with Crippen LogP contribution in [-0.2, 0) is 4.79 Å². The molecule has 2 aromatic rings. The maximum atomic E-state index is 12.7. The summed E-state index contributed by atoms with van der Waals surface area (Å²) in [6.45, 7) is 6.35. The van der Waals surface area contributed by atoms with Crippen LogP contribution in [0.2, 0.25) is 0 Å². The summed E-state index contributed by atoms with van der Waals surface area (Å²) in [6.07, 6.45) is 0. The van der Waals surface area contributed by atoms with Crippen molar-refractivity contribution in [2.45, 2.75) is 13.0 Å². The van der Waals surface area contributed by atoms with Crippen LogP contribution < -0.4 is 9.80 Å². The molecule has 2 N–H and O–H groups in total. The second-order valence-corrected chi connectivity index (χ2v) is 7.02. The van der Waals surface area contributed by atoms with Crippen LogP contribution in [0.1, 0.15) is 18.5 Å². The molecular weight excluding hydrogens is 326 g/mol. The number of nitrogens with zero attached hydrogens (tertiary/aromatic N) is 2.